The molecule has 3 rings (SSSR count). The summed E-state index contributed by atoms with van der Waals surface area (Å²) in [6, 6.07) is 4.62. The van der Waals surface area contributed by atoms with Crippen LogP contribution in [0.25, 0.3) is 0 Å². The molecule has 0 saturated carbocycles. The van der Waals surface area contributed by atoms with Crippen molar-refractivity contribution in [3.05, 3.63) is 47.0 Å². The molecule has 1 aliphatic rings. The molecule has 0 amide bonds. The first kappa shape index (κ1) is 13.3. The molecular weight excluding hydrogens is 248 g/mol. The zero-order valence-electron chi connectivity index (χ0n) is 12.3. The molecule has 1 unspecified atom stereocenters. The number of aryl methyl sites for hydroxylation is 3. The summed E-state index contributed by atoms with van der Waals surface area (Å²) >= 11 is 0. The van der Waals surface area contributed by atoms with Crippen molar-refractivity contribution in [2.24, 2.45) is 7.05 Å². The number of hydrogen-bond acceptors (Lipinski definition) is 3. The maximum Gasteiger partial charge on any atom is 0.0666 e. The van der Waals surface area contributed by atoms with Crippen molar-refractivity contribution < 1.29 is 0 Å². The largest absolute Gasteiger partial charge is 0.304 e. The first-order chi connectivity index (χ1) is 9.78. The molecule has 0 spiro atoms. The molecule has 0 radical (unpaired) electrons. The summed E-state index contributed by atoms with van der Waals surface area (Å²) in [6.45, 7) is 3.03. The summed E-state index contributed by atoms with van der Waals surface area (Å²) < 4.78 is 1.91. The number of aromatic nitrogens is 3. The number of hydrogen-bond donors (Lipinski definition) is 1. The van der Waals surface area contributed by atoms with Gasteiger partial charge in [0, 0.05) is 31.5 Å². The van der Waals surface area contributed by atoms with Crippen molar-refractivity contribution in [1.29, 1.82) is 0 Å². The topological polar surface area (TPSA) is 42.7 Å². The minimum Gasteiger partial charge on any atom is -0.304 e. The summed E-state index contributed by atoms with van der Waals surface area (Å²) in [6.07, 6.45) is 8.58. The van der Waals surface area contributed by atoms with E-state index in [4.69, 9.17) is 0 Å². The monoisotopic (exact) mass is 270 g/mol. The van der Waals surface area contributed by atoms with E-state index in [0.29, 0.717) is 6.04 Å². The summed E-state index contributed by atoms with van der Waals surface area (Å²) in [5, 5.41) is 8.16. The predicted molar refractivity (Wildman–Crippen MR) is 79.3 cm³/mol. The first-order valence-electron chi connectivity index (χ1n) is 7.46. The van der Waals surface area contributed by atoms with Crippen molar-refractivity contribution in [1.82, 2.24) is 20.1 Å². The number of nitrogens with one attached hydrogen (secondary N) is 1. The average Bonchev–Trinajstić information content (AvgIpc) is 2.85. The van der Waals surface area contributed by atoms with Crippen LogP contribution < -0.4 is 5.32 Å². The molecule has 1 N–H and O–H groups in total. The van der Waals surface area contributed by atoms with E-state index in [1.54, 1.807) is 0 Å². The fourth-order valence-electron chi connectivity index (χ4n) is 3.07. The second-order valence-electron chi connectivity index (χ2n) is 5.50. The lowest BCUT2D eigenvalue weighted by Gasteiger charge is -2.25. The van der Waals surface area contributed by atoms with Crippen LogP contribution in [0.3, 0.4) is 0 Å². The quantitative estimate of drug-likeness (QED) is 0.928. The SMILES string of the molecule is CCc1nn(C)cc1CNC1CCCc2cccnc21. The van der Waals surface area contributed by atoms with Gasteiger partial charge in [0.25, 0.3) is 0 Å². The van der Waals surface area contributed by atoms with Gasteiger partial charge in [0.1, 0.15) is 0 Å². The Kier molecular flexibility index (Phi) is 3.83. The Hall–Kier alpha value is -1.68. The van der Waals surface area contributed by atoms with Crippen molar-refractivity contribution in [3.63, 3.8) is 0 Å². The molecule has 0 fully saturated rings. The molecule has 2 heterocycles. The van der Waals surface area contributed by atoms with Gasteiger partial charge in [-0.15, -0.1) is 0 Å². The zero-order chi connectivity index (χ0) is 13.9. The van der Waals surface area contributed by atoms with E-state index in [1.807, 2.05) is 24.0 Å². The Morgan fingerprint density at radius 1 is 1.45 bits per heavy atom. The molecule has 4 nitrogen and oxygen atoms in total. The van der Waals surface area contributed by atoms with Gasteiger partial charge < -0.3 is 5.32 Å². The highest BCUT2D eigenvalue weighted by molar-refractivity contribution is 5.26. The Labute approximate surface area is 120 Å². The van der Waals surface area contributed by atoms with Gasteiger partial charge in [0.05, 0.1) is 17.4 Å². The molecule has 0 saturated heterocycles. The molecule has 4 heteroatoms. The Morgan fingerprint density at radius 2 is 2.35 bits per heavy atom. The van der Waals surface area contributed by atoms with Crippen LogP contribution in [0.15, 0.2) is 24.5 Å². The third kappa shape index (κ3) is 2.61. The molecule has 1 aliphatic carbocycles. The third-order valence-corrected chi connectivity index (χ3v) is 4.06. The van der Waals surface area contributed by atoms with E-state index in [1.165, 1.54) is 35.4 Å². The fraction of sp³-hybridized carbons (Fsp3) is 0.500. The zero-order valence-corrected chi connectivity index (χ0v) is 12.3. The number of rotatable bonds is 4. The smallest absolute Gasteiger partial charge is 0.0666 e. The van der Waals surface area contributed by atoms with E-state index in [0.717, 1.165) is 19.4 Å². The van der Waals surface area contributed by atoms with Crippen LogP contribution in [0.4, 0.5) is 0 Å². The van der Waals surface area contributed by atoms with Crippen LogP contribution in [-0.2, 0) is 26.4 Å². The van der Waals surface area contributed by atoms with Crippen molar-refractivity contribution in [3.8, 4) is 0 Å². The summed E-state index contributed by atoms with van der Waals surface area (Å²) in [5.41, 5.74) is 5.13. The van der Waals surface area contributed by atoms with E-state index in [-0.39, 0.29) is 0 Å². The Bertz CT molecular complexity index is 588. The second kappa shape index (κ2) is 5.75. The lowest BCUT2D eigenvalue weighted by molar-refractivity contribution is 0.447. The molecule has 0 aromatic carbocycles. The van der Waals surface area contributed by atoms with Gasteiger partial charge >= 0.3 is 0 Å². The van der Waals surface area contributed by atoms with Crippen LogP contribution in [-0.4, -0.2) is 14.8 Å². The second-order valence-corrected chi connectivity index (χ2v) is 5.50. The van der Waals surface area contributed by atoms with E-state index < -0.39 is 0 Å². The molecule has 106 valence electrons. The molecule has 2 aromatic heterocycles. The van der Waals surface area contributed by atoms with Gasteiger partial charge in [-0.3, -0.25) is 9.67 Å². The molecule has 0 bridgehead atoms. The minimum atomic E-state index is 0.380. The summed E-state index contributed by atoms with van der Waals surface area (Å²) in [5.74, 6) is 0. The van der Waals surface area contributed by atoms with Crippen molar-refractivity contribution in [2.45, 2.75) is 45.2 Å². The van der Waals surface area contributed by atoms with Crippen LogP contribution in [0.2, 0.25) is 0 Å². The number of pyridine rings is 1. The van der Waals surface area contributed by atoms with E-state index in [9.17, 15) is 0 Å². The van der Waals surface area contributed by atoms with E-state index in [2.05, 4.69) is 34.6 Å². The highest BCUT2D eigenvalue weighted by Gasteiger charge is 2.21. The van der Waals surface area contributed by atoms with Crippen LogP contribution in [0, 0.1) is 0 Å². The molecular formula is C16H22N4. The number of nitrogens with zero attached hydrogens (tertiary/aromatic N) is 3. The van der Waals surface area contributed by atoms with Gasteiger partial charge in [-0.2, -0.15) is 5.10 Å². The van der Waals surface area contributed by atoms with Gasteiger partial charge in [-0.05, 0) is 37.3 Å². The maximum absolute atomic E-state index is 4.58. The van der Waals surface area contributed by atoms with Crippen LogP contribution >= 0.6 is 0 Å². The van der Waals surface area contributed by atoms with Gasteiger partial charge in [0.15, 0.2) is 0 Å². The van der Waals surface area contributed by atoms with Crippen molar-refractivity contribution in [2.75, 3.05) is 0 Å². The molecule has 0 aliphatic heterocycles. The van der Waals surface area contributed by atoms with Gasteiger partial charge in [0.2, 0.25) is 0 Å². The normalized spacial score (nSPS) is 18.0. The maximum atomic E-state index is 4.58. The predicted octanol–water partition coefficient (Wildman–Crippen LogP) is 2.54. The lowest BCUT2D eigenvalue weighted by Crippen LogP contribution is -2.26. The number of fused-ring (bicyclic) bond motifs is 1. The van der Waals surface area contributed by atoms with E-state index >= 15 is 0 Å². The summed E-state index contributed by atoms with van der Waals surface area (Å²) in [4.78, 5) is 4.58. The minimum absolute atomic E-state index is 0.380. The molecule has 1 atom stereocenters. The van der Waals surface area contributed by atoms with Gasteiger partial charge in [-0.25, -0.2) is 0 Å². The average molecular weight is 270 g/mol. The lowest BCUT2D eigenvalue weighted by atomic mass is 9.92. The Morgan fingerprint density at radius 3 is 3.20 bits per heavy atom. The molecule has 2 aromatic rings. The van der Waals surface area contributed by atoms with Crippen LogP contribution in [0.5, 0.6) is 0 Å². The third-order valence-electron chi connectivity index (χ3n) is 4.06. The van der Waals surface area contributed by atoms with Gasteiger partial charge in [-0.1, -0.05) is 13.0 Å². The fourth-order valence-corrected chi connectivity index (χ4v) is 3.07. The standard InChI is InChI=1S/C16H22N4/c1-3-14-13(11-20(2)19-14)10-18-15-8-4-6-12-7-5-9-17-16(12)15/h5,7,9,11,15,18H,3-4,6,8,10H2,1-2H3. The van der Waals surface area contributed by atoms with Crippen molar-refractivity contribution >= 4 is 0 Å². The first-order valence-corrected chi connectivity index (χ1v) is 7.46. The highest BCUT2D eigenvalue weighted by atomic mass is 15.3. The summed E-state index contributed by atoms with van der Waals surface area (Å²) in [7, 11) is 1.99. The van der Waals surface area contributed by atoms with Crippen LogP contribution in [0.1, 0.15) is 48.3 Å². The Balaban J connectivity index is 1.73. The highest BCUT2D eigenvalue weighted by Crippen LogP contribution is 2.28. The molecule has 20 heavy (non-hydrogen) atoms.